The number of phenols is 1. The number of aromatic hydroxyl groups is 1. The van der Waals surface area contributed by atoms with E-state index in [1.807, 2.05) is 36.4 Å². The van der Waals surface area contributed by atoms with E-state index in [1.165, 1.54) is 0 Å². The molecule has 0 radical (unpaired) electrons. The van der Waals surface area contributed by atoms with Crippen molar-refractivity contribution < 1.29 is 14.6 Å². The van der Waals surface area contributed by atoms with Gasteiger partial charge in [-0.15, -0.1) is 0 Å². The molecule has 25 heavy (non-hydrogen) atoms. The van der Waals surface area contributed by atoms with Gasteiger partial charge in [-0.3, -0.25) is 4.99 Å². The largest absolute Gasteiger partial charge is 0.507 e. The predicted octanol–water partition coefficient (Wildman–Crippen LogP) is 5.50. The Hall–Kier alpha value is -2.49. The lowest BCUT2D eigenvalue weighted by Crippen LogP contribution is -1.97. The van der Waals surface area contributed by atoms with Crippen molar-refractivity contribution >= 4 is 11.9 Å². The summed E-state index contributed by atoms with van der Waals surface area (Å²) in [4.78, 5) is 4.39. The topological polar surface area (TPSA) is 51.0 Å². The van der Waals surface area contributed by atoms with Crippen LogP contribution in [0.3, 0.4) is 0 Å². The summed E-state index contributed by atoms with van der Waals surface area (Å²) in [6.07, 6.45) is 5.97. The van der Waals surface area contributed by atoms with Crippen LogP contribution in [0.2, 0.25) is 0 Å². The summed E-state index contributed by atoms with van der Waals surface area (Å²) in [6, 6.07) is 12.9. The molecule has 4 nitrogen and oxygen atoms in total. The summed E-state index contributed by atoms with van der Waals surface area (Å²) in [5, 5.41) is 10.1. The van der Waals surface area contributed by atoms with E-state index in [-0.39, 0.29) is 5.75 Å². The van der Waals surface area contributed by atoms with Crippen LogP contribution in [-0.4, -0.2) is 24.5 Å². The molecule has 1 N–H and O–H groups in total. The van der Waals surface area contributed by atoms with Gasteiger partial charge in [-0.2, -0.15) is 0 Å². The zero-order chi connectivity index (χ0) is 17.9. The minimum Gasteiger partial charge on any atom is -0.507 e. The monoisotopic (exact) mass is 341 g/mol. The number of unbranched alkanes of at least 4 members (excludes halogenated alkanes) is 2. The first kappa shape index (κ1) is 18.8. The average molecular weight is 341 g/mol. The number of nitrogens with zero attached hydrogens (tertiary/aromatic N) is 1. The summed E-state index contributed by atoms with van der Waals surface area (Å²) in [7, 11) is 0. The van der Waals surface area contributed by atoms with E-state index in [4.69, 9.17) is 9.47 Å². The quantitative estimate of drug-likeness (QED) is 0.458. The lowest BCUT2D eigenvalue weighted by Gasteiger charge is -2.07. The highest BCUT2D eigenvalue weighted by atomic mass is 16.5. The van der Waals surface area contributed by atoms with Crippen molar-refractivity contribution in [1.82, 2.24) is 0 Å². The maximum absolute atomic E-state index is 10.1. The number of phenolic OH excluding ortho intramolecular Hbond substituents is 1. The Morgan fingerprint density at radius 1 is 0.880 bits per heavy atom. The maximum Gasteiger partial charge on any atom is 0.128 e. The summed E-state index contributed by atoms with van der Waals surface area (Å²) in [6.45, 7) is 5.62. The molecule has 0 aliphatic rings. The molecule has 2 aromatic rings. The van der Waals surface area contributed by atoms with Crippen molar-refractivity contribution in [2.24, 2.45) is 4.99 Å². The molecule has 0 saturated heterocycles. The van der Waals surface area contributed by atoms with Crippen molar-refractivity contribution in [2.45, 2.75) is 39.5 Å². The van der Waals surface area contributed by atoms with Gasteiger partial charge in [-0.1, -0.05) is 26.7 Å². The van der Waals surface area contributed by atoms with Crippen LogP contribution in [-0.2, 0) is 0 Å². The van der Waals surface area contributed by atoms with Crippen LogP contribution in [0.25, 0.3) is 0 Å². The van der Waals surface area contributed by atoms with Gasteiger partial charge in [0.05, 0.1) is 18.9 Å². The van der Waals surface area contributed by atoms with Gasteiger partial charge in [0.2, 0.25) is 0 Å². The Labute approximate surface area is 150 Å². The molecule has 2 rings (SSSR count). The minimum absolute atomic E-state index is 0.166. The van der Waals surface area contributed by atoms with Gasteiger partial charge in [0.15, 0.2) is 0 Å². The first-order chi connectivity index (χ1) is 12.2. The normalized spacial score (nSPS) is 11.0. The van der Waals surface area contributed by atoms with Gasteiger partial charge in [0.25, 0.3) is 0 Å². The summed E-state index contributed by atoms with van der Waals surface area (Å²) >= 11 is 0. The Morgan fingerprint density at radius 2 is 1.60 bits per heavy atom. The maximum atomic E-state index is 10.1. The second-order valence-corrected chi connectivity index (χ2v) is 5.88. The highest BCUT2D eigenvalue weighted by Gasteiger charge is 2.02. The fraction of sp³-hybridized carbons (Fsp3) is 0.381. The zero-order valence-electron chi connectivity index (χ0n) is 15.1. The van der Waals surface area contributed by atoms with E-state index in [2.05, 4.69) is 18.8 Å². The fourth-order valence-electron chi connectivity index (χ4n) is 2.26. The third-order valence-corrected chi connectivity index (χ3v) is 3.68. The third-order valence-electron chi connectivity index (χ3n) is 3.68. The molecule has 0 spiro atoms. The molecule has 0 amide bonds. The molecule has 0 aliphatic carbocycles. The second kappa shape index (κ2) is 10.4. The molecule has 0 bridgehead atoms. The summed E-state index contributed by atoms with van der Waals surface area (Å²) in [5.41, 5.74) is 1.47. The molecule has 0 aromatic heterocycles. The van der Waals surface area contributed by atoms with E-state index < -0.39 is 0 Å². The van der Waals surface area contributed by atoms with Gasteiger partial charge in [-0.05, 0) is 49.2 Å². The number of ether oxygens (including phenoxy) is 2. The average Bonchev–Trinajstić information content (AvgIpc) is 2.64. The molecule has 0 heterocycles. The van der Waals surface area contributed by atoms with Crippen LogP contribution in [0.5, 0.6) is 17.2 Å². The molecule has 2 aromatic carbocycles. The van der Waals surface area contributed by atoms with Gasteiger partial charge in [-0.25, -0.2) is 0 Å². The number of aliphatic imine (C=N–C) groups is 1. The van der Waals surface area contributed by atoms with E-state index in [1.54, 1.807) is 12.3 Å². The number of benzene rings is 2. The van der Waals surface area contributed by atoms with Crippen LogP contribution in [0.1, 0.15) is 45.1 Å². The van der Waals surface area contributed by atoms with Crippen LogP contribution >= 0.6 is 0 Å². The van der Waals surface area contributed by atoms with E-state index in [0.717, 1.165) is 37.1 Å². The van der Waals surface area contributed by atoms with Gasteiger partial charge in [0, 0.05) is 17.8 Å². The fourth-order valence-corrected chi connectivity index (χ4v) is 2.26. The van der Waals surface area contributed by atoms with Crippen molar-refractivity contribution in [1.29, 1.82) is 0 Å². The van der Waals surface area contributed by atoms with Crippen LogP contribution < -0.4 is 9.47 Å². The van der Waals surface area contributed by atoms with Crippen LogP contribution in [0.15, 0.2) is 47.5 Å². The van der Waals surface area contributed by atoms with Crippen LogP contribution in [0, 0.1) is 0 Å². The molecule has 0 fully saturated rings. The Balaban J connectivity index is 1.93. The Morgan fingerprint density at radius 3 is 2.28 bits per heavy atom. The van der Waals surface area contributed by atoms with Crippen molar-refractivity contribution in [3.8, 4) is 17.2 Å². The van der Waals surface area contributed by atoms with E-state index >= 15 is 0 Å². The Kier molecular flexibility index (Phi) is 7.83. The molecular formula is C21H27NO3. The van der Waals surface area contributed by atoms with Gasteiger partial charge in [0.1, 0.15) is 17.2 Å². The second-order valence-electron chi connectivity index (χ2n) is 5.88. The molecule has 134 valence electrons. The minimum atomic E-state index is 0.166. The van der Waals surface area contributed by atoms with Gasteiger partial charge >= 0.3 is 0 Å². The lowest BCUT2D eigenvalue weighted by molar-refractivity contribution is 0.304. The lowest BCUT2D eigenvalue weighted by atomic mass is 10.2. The standard InChI is InChI=1S/C21H27NO3/c1-3-5-6-14-25-20-10-7-17(21(23)15-20)16-22-18-8-11-19(12-9-18)24-13-4-2/h7-12,15-16,23H,3-6,13-14H2,1-2H3. The zero-order valence-corrected chi connectivity index (χ0v) is 15.1. The van der Waals surface area contributed by atoms with E-state index in [0.29, 0.717) is 24.5 Å². The molecule has 0 saturated carbocycles. The van der Waals surface area contributed by atoms with Crippen molar-refractivity contribution in [2.75, 3.05) is 13.2 Å². The first-order valence-electron chi connectivity index (χ1n) is 8.95. The smallest absolute Gasteiger partial charge is 0.128 e. The molecule has 0 atom stereocenters. The molecule has 0 aliphatic heterocycles. The highest BCUT2D eigenvalue weighted by Crippen LogP contribution is 2.24. The van der Waals surface area contributed by atoms with Crippen molar-refractivity contribution in [3.05, 3.63) is 48.0 Å². The predicted molar refractivity (Wildman–Crippen MR) is 103 cm³/mol. The molecular weight excluding hydrogens is 314 g/mol. The number of hydrogen-bond acceptors (Lipinski definition) is 4. The molecule has 0 unspecified atom stereocenters. The van der Waals surface area contributed by atoms with Crippen molar-refractivity contribution in [3.63, 3.8) is 0 Å². The van der Waals surface area contributed by atoms with E-state index in [9.17, 15) is 5.11 Å². The number of rotatable bonds is 10. The van der Waals surface area contributed by atoms with Crippen LogP contribution in [0.4, 0.5) is 5.69 Å². The molecule has 4 heteroatoms. The third kappa shape index (κ3) is 6.49. The summed E-state index contributed by atoms with van der Waals surface area (Å²) < 4.78 is 11.2. The highest BCUT2D eigenvalue weighted by molar-refractivity contribution is 5.85. The SMILES string of the molecule is CCCCCOc1ccc(C=Nc2ccc(OCCC)cc2)c(O)c1. The number of hydrogen-bond donors (Lipinski definition) is 1. The van der Waals surface area contributed by atoms with Gasteiger partial charge < -0.3 is 14.6 Å². The summed E-state index contributed by atoms with van der Waals surface area (Å²) in [5.74, 6) is 1.69. The Bertz CT molecular complexity index is 665. The first-order valence-corrected chi connectivity index (χ1v) is 8.95.